The minimum Gasteiger partial charge on any atom is -0.324 e. The van der Waals surface area contributed by atoms with Crippen molar-refractivity contribution < 1.29 is 4.79 Å². The van der Waals surface area contributed by atoms with E-state index in [1.807, 2.05) is 62.4 Å². The summed E-state index contributed by atoms with van der Waals surface area (Å²) in [5.41, 5.74) is 3.83. The predicted molar refractivity (Wildman–Crippen MR) is 124 cm³/mol. The third-order valence-corrected chi connectivity index (χ3v) is 5.98. The number of aromatic nitrogens is 4. The number of carbonyl (C=O) groups is 1. The number of anilines is 1. The highest BCUT2D eigenvalue weighted by atomic mass is 16.2. The van der Waals surface area contributed by atoms with Gasteiger partial charge >= 0.3 is 0 Å². The van der Waals surface area contributed by atoms with E-state index in [0.29, 0.717) is 12.4 Å². The predicted octanol–water partition coefficient (Wildman–Crippen LogP) is 3.72. The van der Waals surface area contributed by atoms with Crippen LogP contribution in [0.3, 0.4) is 0 Å². The van der Waals surface area contributed by atoms with E-state index in [1.54, 1.807) is 4.68 Å². The van der Waals surface area contributed by atoms with E-state index in [9.17, 15) is 9.59 Å². The van der Waals surface area contributed by atoms with E-state index in [0.717, 1.165) is 58.4 Å². The quantitative estimate of drug-likeness (QED) is 0.538. The van der Waals surface area contributed by atoms with Gasteiger partial charge in [0.2, 0.25) is 11.9 Å². The van der Waals surface area contributed by atoms with Gasteiger partial charge in [-0.15, -0.1) is 0 Å². The van der Waals surface area contributed by atoms with Crippen molar-refractivity contribution in [1.29, 1.82) is 0 Å². The van der Waals surface area contributed by atoms with Crippen LogP contribution in [0.4, 0.5) is 5.69 Å². The van der Waals surface area contributed by atoms with Crippen LogP contribution in [-0.2, 0) is 24.2 Å². The molecule has 1 aliphatic rings. The molecule has 0 unspecified atom stereocenters. The van der Waals surface area contributed by atoms with Crippen molar-refractivity contribution in [2.75, 3.05) is 5.32 Å². The number of fused-ring (bicyclic) bond motifs is 2. The number of aryl methyl sites for hydroxylation is 3. The number of nitrogens with zero attached hydrogens (tertiary/aromatic N) is 4. The van der Waals surface area contributed by atoms with E-state index >= 15 is 0 Å². The van der Waals surface area contributed by atoms with Crippen molar-refractivity contribution in [1.82, 2.24) is 19.3 Å². The Bertz CT molecular complexity index is 1390. The largest absolute Gasteiger partial charge is 0.324 e. The first-order valence-electron chi connectivity index (χ1n) is 10.9. The summed E-state index contributed by atoms with van der Waals surface area (Å²) in [5, 5.41) is 9.51. The van der Waals surface area contributed by atoms with Gasteiger partial charge in [-0.3, -0.25) is 14.2 Å². The zero-order valence-electron chi connectivity index (χ0n) is 18.3. The van der Waals surface area contributed by atoms with Crippen molar-refractivity contribution in [3.63, 3.8) is 0 Å². The van der Waals surface area contributed by atoms with Crippen molar-refractivity contribution >= 4 is 22.4 Å². The summed E-state index contributed by atoms with van der Waals surface area (Å²) in [6, 6.07) is 15.6. The van der Waals surface area contributed by atoms with Crippen LogP contribution in [0, 0.1) is 13.8 Å². The van der Waals surface area contributed by atoms with Gasteiger partial charge in [0.15, 0.2) is 0 Å². The Morgan fingerprint density at radius 2 is 1.84 bits per heavy atom. The summed E-state index contributed by atoms with van der Waals surface area (Å²) in [6.07, 6.45) is 3.45. The van der Waals surface area contributed by atoms with Crippen molar-refractivity contribution in [3.8, 4) is 5.95 Å². The molecule has 1 aliphatic carbocycles. The van der Waals surface area contributed by atoms with Gasteiger partial charge in [0.25, 0.3) is 5.56 Å². The molecule has 32 heavy (non-hydrogen) atoms. The van der Waals surface area contributed by atoms with Gasteiger partial charge in [-0.2, -0.15) is 5.10 Å². The molecule has 7 heteroatoms. The van der Waals surface area contributed by atoms with E-state index in [4.69, 9.17) is 4.98 Å². The zero-order chi connectivity index (χ0) is 22.2. The van der Waals surface area contributed by atoms with E-state index in [1.165, 1.54) is 4.57 Å². The normalized spacial score (nSPS) is 13.2. The molecule has 5 rings (SSSR count). The van der Waals surface area contributed by atoms with E-state index in [2.05, 4.69) is 10.4 Å². The third-order valence-electron chi connectivity index (χ3n) is 5.98. The maximum absolute atomic E-state index is 13.4. The zero-order valence-corrected chi connectivity index (χ0v) is 18.3. The first-order valence-corrected chi connectivity index (χ1v) is 10.9. The molecule has 4 aromatic rings. The van der Waals surface area contributed by atoms with Gasteiger partial charge in [-0.25, -0.2) is 9.67 Å². The van der Waals surface area contributed by atoms with Crippen molar-refractivity contribution in [3.05, 3.63) is 81.5 Å². The van der Waals surface area contributed by atoms with Gasteiger partial charge in [-0.1, -0.05) is 36.4 Å². The second-order valence-corrected chi connectivity index (χ2v) is 8.35. The number of amides is 1. The second kappa shape index (κ2) is 8.07. The van der Waals surface area contributed by atoms with Gasteiger partial charge in [0.05, 0.1) is 11.4 Å². The molecule has 1 N–H and O–H groups in total. The molecule has 0 saturated carbocycles. The highest BCUT2D eigenvalue weighted by Gasteiger charge is 2.23. The van der Waals surface area contributed by atoms with Crippen LogP contribution in [0.1, 0.15) is 35.5 Å². The fourth-order valence-corrected chi connectivity index (χ4v) is 4.48. The summed E-state index contributed by atoms with van der Waals surface area (Å²) in [5.74, 6) is 0.123. The Hall–Kier alpha value is -3.74. The minimum atomic E-state index is -0.274. The fraction of sp³-hybridized carbons (Fsp3) is 0.280. The standard InChI is InChI=1S/C25H25N5O2/c1-16-14-17(2)30(28-16)25-27-22-12-6-5-11-20(22)24(32)29(25)15-23(31)26-21-13-7-9-18-8-3-4-10-19(18)21/h3-4,7-10,13-14H,5-6,11-12,15H2,1-2H3,(H,26,31). The molecule has 2 aromatic heterocycles. The smallest absolute Gasteiger partial charge is 0.258 e. The maximum atomic E-state index is 13.4. The summed E-state index contributed by atoms with van der Waals surface area (Å²) in [6.45, 7) is 3.69. The van der Waals surface area contributed by atoms with E-state index < -0.39 is 0 Å². The van der Waals surface area contributed by atoms with Gasteiger partial charge < -0.3 is 5.32 Å². The van der Waals surface area contributed by atoms with Crippen LogP contribution in [0.15, 0.2) is 53.3 Å². The van der Waals surface area contributed by atoms with Crippen molar-refractivity contribution in [2.45, 2.75) is 46.1 Å². The topological polar surface area (TPSA) is 81.8 Å². The van der Waals surface area contributed by atoms with Crippen LogP contribution >= 0.6 is 0 Å². The molecule has 0 aliphatic heterocycles. The molecule has 162 valence electrons. The van der Waals surface area contributed by atoms with E-state index in [-0.39, 0.29) is 18.0 Å². The molecule has 0 radical (unpaired) electrons. The van der Waals surface area contributed by atoms with Crippen molar-refractivity contribution in [2.24, 2.45) is 0 Å². The average molecular weight is 428 g/mol. The number of carbonyl (C=O) groups excluding carboxylic acids is 1. The Balaban J connectivity index is 1.55. The number of benzene rings is 2. The molecule has 0 bridgehead atoms. The summed E-state index contributed by atoms with van der Waals surface area (Å²) >= 11 is 0. The van der Waals surface area contributed by atoms with Crippen LogP contribution < -0.4 is 10.9 Å². The Morgan fingerprint density at radius 1 is 1.06 bits per heavy atom. The lowest BCUT2D eigenvalue weighted by Crippen LogP contribution is -2.36. The number of rotatable bonds is 4. The molecule has 1 amide bonds. The molecular formula is C25H25N5O2. The van der Waals surface area contributed by atoms with Gasteiger partial charge in [-0.05, 0) is 57.0 Å². The number of nitrogens with one attached hydrogen (secondary N) is 1. The first-order chi connectivity index (χ1) is 15.5. The Labute approximate surface area is 185 Å². The van der Waals surface area contributed by atoms with Gasteiger partial charge in [0, 0.05) is 22.3 Å². The number of hydrogen-bond acceptors (Lipinski definition) is 4. The lowest BCUT2D eigenvalue weighted by molar-refractivity contribution is -0.116. The molecule has 0 fully saturated rings. The molecule has 0 spiro atoms. The van der Waals surface area contributed by atoms with Crippen LogP contribution in [-0.4, -0.2) is 25.2 Å². The highest BCUT2D eigenvalue weighted by molar-refractivity contribution is 6.02. The molecule has 2 aromatic carbocycles. The summed E-state index contributed by atoms with van der Waals surface area (Å²) in [7, 11) is 0. The highest BCUT2D eigenvalue weighted by Crippen LogP contribution is 2.23. The lowest BCUT2D eigenvalue weighted by Gasteiger charge is -2.20. The fourth-order valence-electron chi connectivity index (χ4n) is 4.48. The summed E-state index contributed by atoms with van der Waals surface area (Å²) < 4.78 is 3.13. The summed E-state index contributed by atoms with van der Waals surface area (Å²) in [4.78, 5) is 31.3. The molecule has 7 nitrogen and oxygen atoms in total. The van der Waals surface area contributed by atoms with Crippen LogP contribution in [0.2, 0.25) is 0 Å². The average Bonchev–Trinajstić information content (AvgIpc) is 3.13. The van der Waals surface area contributed by atoms with Crippen LogP contribution in [0.25, 0.3) is 16.7 Å². The lowest BCUT2D eigenvalue weighted by atomic mass is 9.97. The number of hydrogen-bond donors (Lipinski definition) is 1. The maximum Gasteiger partial charge on any atom is 0.258 e. The second-order valence-electron chi connectivity index (χ2n) is 8.35. The first kappa shape index (κ1) is 20.2. The molecule has 0 saturated heterocycles. The monoisotopic (exact) mass is 427 g/mol. The van der Waals surface area contributed by atoms with Gasteiger partial charge in [0.1, 0.15) is 6.54 Å². The molecule has 0 atom stereocenters. The van der Waals surface area contributed by atoms with Crippen LogP contribution in [0.5, 0.6) is 0 Å². The third kappa shape index (κ3) is 3.60. The molecule has 2 heterocycles. The SMILES string of the molecule is Cc1cc(C)n(-c2nc3c(c(=O)n2CC(=O)Nc2cccc4ccccc24)CCCC3)n1. The molecular weight excluding hydrogens is 402 g/mol. The Kier molecular flexibility index (Phi) is 5.09. The Morgan fingerprint density at radius 3 is 2.66 bits per heavy atom. The minimum absolute atomic E-state index is 0.129.